The number of halogens is 1. The molecule has 0 saturated carbocycles. The summed E-state index contributed by atoms with van der Waals surface area (Å²) in [6.45, 7) is 4.35. The maximum Gasteiger partial charge on any atom is 0.251 e. The van der Waals surface area contributed by atoms with Crippen LogP contribution in [0, 0.1) is 5.82 Å². The lowest BCUT2D eigenvalue weighted by Crippen LogP contribution is -2.34. The fraction of sp³-hybridized carbons (Fsp3) is 0.400. The van der Waals surface area contributed by atoms with Crippen molar-refractivity contribution in [3.63, 3.8) is 0 Å². The van der Waals surface area contributed by atoms with Crippen molar-refractivity contribution in [2.75, 3.05) is 31.1 Å². The van der Waals surface area contributed by atoms with E-state index in [1.807, 2.05) is 24.3 Å². The summed E-state index contributed by atoms with van der Waals surface area (Å²) < 4.78 is 14.7. The van der Waals surface area contributed by atoms with Crippen LogP contribution >= 0.6 is 0 Å². The number of H-pyrrole nitrogens is 1. The smallest absolute Gasteiger partial charge is 0.251 e. The van der Waals surface area contributed by atoms with E-state index in [2.05, 4.69) is 19.8 Å². The molecule has 2 saturated heterocycles. The highest BCUT2D eigenvalue weighted by Crippen LogP contribution is 2.29. The fourth-order valence-electron chi connectivity index (χ4n) is 4.89. The van der Waals surface area contributed by atoms with Crippen LogP contribution in [-0.2, 0) is 6.54 Å². The SMILES string of the molecule is O=c1cc(C2CCCN(Cc3ccc(N4CCCC4)c(F)c3)C2)nc(-c2cccnc2)[nH]1. The minimum absolute atomic E-state index is 0.129. The molecule has 0 amide bonds. The van der Waals surface area contributed by atoms with Crippen molar-refractivity contribution in [1.29, 1.82) is 0 Å². The highest BCUT2D eigenvalue weighted by Gasteiger charge is 2.24. The van der Waals surface area contributed by atoms with E-state index in [1.54, 1.807) is 24.5 Å². The average Bonchev–Trinajstić information content (AvgIpc) is 3.34. The number of rotatable bonds is 5. The van der Waals surface area contributed by atoms with Crippen LogP contribution < -0.4 is 10.5 Å². The van der Waals surface area contributed by atoms with Crippen molar-refractivity contribution in [2.24, 2.45) is 0 Å². The molecular weight excluding hydrogens is 405 g/mol. The summed E-state index contributed by atoms with van der Waals surface area (Å²) in [7, 11) is 0. The number of benzene rings is 1. The third-order valence-corrected chi connectivity index (χ3v) is 6.49. The normalized spacial score (nSPS) is 19.4. The summed E-state index contributed by atoms with van der Waals surface area (Å²) in [4.78, 5) is 28.5. The van der Waals surface area contributed by atoms with Crippen LogP contribution in [0.15, 0.2) is 53.6 Å². The molecule has 4 heterocycles. The second-order valence-corrected chi connectivity index (χ2v) is 8.81. The lowest BCUT2D eigenvalue weighted by atomic mass is 9.94. The first kappa shape index (κ1) is 20.8. The molecule has 5 rings (SSSR count). The van der Waals surface area contributed by atoms with Crippen molar-refractivity contribution in [2.45, 2.75) is 38.1 Å². The van der Waals surface area contributed by atoms with Crippen LogP contribution in [-0.4, -0.2) is 46.0 Å². The Morgan fingerprint density at radius 2 is 1.97 bits per heavy atom. The lowest BCUT2D eigenvalue weighted by Gasteiger charge is -2.32. The Labute approximate surface area is 187 Å². The van der Waals surface area contributed by atoms with E-state index in [4.69, 9.17) is 4.98 Å². The van der Waals surface area contributed by atoms with Crippen molar-refractivity contribution < 1.29 is 4.39 Å². The predicted octanol–water partition coefficient (Wildman–Crippen LogP) is 3.95. The number of aromatic nitrogens is 3. The van der Waals surface area contributed by atoms with E-state index >= 15 is 0 Å². The van der Waals surface area contributed by atoms with Crippen LogP contribution in [0.5, 0.6) is 0 Å². The van der Waals surface area contributed by atoms with Gasteiger partial charge >= 0.3 is 0 Å². The molecule has 2 aliphatic heterocycles. The second kappa shape index (κ2) is 9.20. The van der Waals surface area contributed by atoms with Crippen LogP contribution in [0.1, 0.15) is 42.9 Å². The van der Waals surface area contributed by atoms with Gasteiger partial charge in [0.2, 0.25) is 0 Å². The Balaban J connectivity index is 1.30. The molecule has 7 heteroatoms. The van der Waals surface area contributed by atoms with Gasteiger partial charge in [0.1, 0.15) is 11.6 Å². The first-order valence-electron chi connectivity index (χ1n) is 11.4. The minimum Gasteiger partial charge on any atom is -0.369 e. The van der Waals surface area contributed by atoms with Gasteiger partial charge in [-0.15, -0.1) is 0 Å². The van der Waals surface area contributed by atoms with E-state index < -0.39 is 0 Å². The molecule has 2 fully saturated rings. The fourth-order valence-corrected chi connectivity index (χ4v) is 4.89. The Kier molecular flexibility index (Phi) is 5.99. The molecule has 2 aromatic heterocycles. The van der Waals surface area contributed by atoms with Gasteiger partial charge in [0.15, 0.2) is 0 Å². The molecule has 1 aromatic carbocycles. The highest BCUT2D eigenvalue weighted by molar-refractivity contribution is 5.53. The number of nitrogens with zero attached hydrogens (tertiary/aromatic N) is 4. The van der Waals surface area contributed by atoms with Crippen molar-refractivity contribution in [3.8, 4) is 11.4 Å². The first-order chi connectivity index (χ1) is 15.7. The van der Waals surface area contributed by atoms with Gasteiger partial charge in [0.05, 0.1) is 11.4 Å². The molecule has 1 atom stereocenters. The van der Waals surface area contributed by atoms with E-state index in [1.165, 1.54) is 0 Å². The largest absolute Gasteiger partial charge is 0.369 e. The predicted molar refractivity (Wildman–Crippen MR) is 123 cm³/mol. The van der Waals surface area contributed by atoms with Gasteiger partial charge in [-0.25, -0.2) is 9.37 Å². The quantitative estimate of drug-likeness (QED) is 0.660. The zero-order chi connectivity index (χ0) is 21.9. The van der Waals surface area contributed by atoms with Gasteiger partial charge in [-0.05, 0) is 62.1 Å². The number of hydrogen-bond acceptors (Lipinski definition) is 5. The topological polar surface area (TPSA) is 65.1 Å². The Morgan fingerprint density at radius 3 is 2.75 bits per heavy atom. The lowest BCUT2D eigenvalue weighted by molar-refractivity contribution is 0.198. The summed E-state index contributed by atoms with van der Waals surface area (Å²) in [5, 5.41) is 0. The summed E-state index contributed by atoms with van der Waals surface area (Å²) >= 11 is 0. The molecule has 3 aromatic rings. The molecule has 6 nitrogen and oxygen atoms in total. The highest BCUT2D eigenvalue weighted by atomic mass is 19.1. The monoisotopic (exact) mass is 433 g/mol. The zero-order valence-corrected chi connectivity index (χ0v) is 18.1. The third kappa shape index (κ3) is 4.58. The second-order valence-electron chi connectivity index (χ2n) is 8.81. The molecule has 0 aliphatic carbocycles. The zero-order valence-electron chi connectivity index (χ0n) is 18.1. The summed E-state index contributed by atoms with van der Waals surface area (Å²) in [6, 6.07) is 11.0. The average molecular weight is 434 g/mol. The number of pyridine rings is 1. The van der Waals surface area contributed by atoms with Crippen molar-refractivity contribution in [3.05, 3.63) is 76.2 Å². The van der Waals surface area contributed by atoms with Gasteiger partial charge in [0.25, 0.3) is 5.56 Å². The summed E-state index contributed by atoms with van der Waals surface area (Å²) in [6.07, 6.45) is 7.68. The summed E-state index contributed by atoms with van der Waals surface area (Å²) in [5.74, 6) is 0.600. The number of piperidine rings is 1. The Bertz CT molecular complexity index is 1130. The van der Waals surface area contributed by atoms with Crippen LogP contribution in [0.25, 0.3) is 11.4 Å². The number of hydrogen-bond donors (Lipinski definition) is 1. The van der Waals surface area contributed by atoms with Crippen molar-refractivity contribution >= 4 is 5.69 Å². The van der Waals surface area contributed by atoms with E-state index in [-0.39, 0.29) is 17.3 Å². The maximum absolute atomic E-state index is 14.7. The molecule has 0 spiro atoms. The molecule has 1 unspecified atom stereocenters. The molecule has 166 valence electrons. The Morgan fingerprint density at radius 1 is 1.09 bits per heavy atom. The summed E-state index contributed by atoms with van der Waals surface area (Å²) in [5.41, 5.74) is 3.17. The molecule has 1 N–H and O–H groups in total. The van der Waals surface area contributed by atoms with Gasteiger partial charge < -0.3 is 9.88 Å². The van der Waals surface area contributed by atoms with Crippen LogP contribution in [0.2, 0.25) is 0 Å². The molecule has 2 aliphatic rings. The van der Waals surface area contributed by atoms with Gasteiger partial charge in [-0.2, -0.15) is 0 Å². The molecular formula is C25H28FN5O. The number of nitrogens with one attached hydrogen (secondary N) is 1. The minimum atomic E-state index is -0.148. The Hall–Kier alpha value is -3.06. The van der Waals surface area contributed by atoms with Gasteiger partial charge in [-0.1, -0.05) is 6.07 Å². The standard InChI is InChI=1S/C25H28FN5O/c26-21-13-18(7-8-23(21)31-11-1-2-12-31)16-30-10-4-6-20(17-30)22-14-24(32)29-25(28-22)19-5-3-9-27-15-19/h3,5,7-9,13-15,20H,1-2,4,6,10-12,16-17H2,(H,28,29,32). The first-order valence-corrected chi connectivity index (χ1v) is 11.4. The number of likely N-dealkylation sites (tertiary alicyclic amines) is 1. The van der Waals surface area contributed by atoms with E-state index in [0.29, 0.717) is 12.4 Å². The maximum atomic E-state index is 14.7. The van der Waals surface area contributed by atoms with Crippen molar-refractivity contribution in [1.82, 2.24) is 19.9 Å². The van der Waals surface area contributed by atoms with Gasteiger partial charge in [0, 0.05) is 56.1 Å². The van der Waals surface area contributed by atoms with Crippen LogP contribution in [0.4, 0.5) is 10.1 Å². The van der Waals surface area contributed by atoms with E-state index in [0.717, 1.165) is 74.4 Å². The number of aromatic amines is 1. The van der Waals surface area contributed by atoms with E-state index in [9.17, 15) is 9.18 Å². The van der Waals surface area contributed by atoms with Crippen LogP contribution in [0.3, 0.4) is 0 Å². The molecule has 0 radical (unpaired) electrons. The molecule has 0 bridgehead atoms. The number of anilines is 1. The third-order valence-electron chi connectivity index (χ3n) is 6.49. The van der Waals surface area contributed by atoms with Gasteiger partial charge in [-0.3, -0.25) is 14.7 Å². The molecule has 32 heavy (non-hydrogen) atoms.